The van der Waals surface area contributed by atoms with Crippen molar-refractivity contribution in [2.75, 3.05) is 38.1 Å². The normalized spacial score (nSPS) is 11.1. The lowest BCUT2D eigenvalue weighted by atomic mass is 10.0. The Hall–Kier alpha value is -3.68. The highest BCUT2D eigenvalue weighted by Gasteiger charge is 2.20. The van der Waals surface area contributed by atoms with E-state index >= 15 is 0 Å². The van der Waals surface area contributed by atoms with Crippen molar-refractivity contribution in [3.63, 3.8) is 0 Å². The summed E-state index contributed by atoms with van der Waals surface area (Å²) in [5.41, 5.74) is 6.47. The highest BCUT2D eigenvalue weighted by Crippen LogP contribution is 2.25. The smallest absolute Gasteiger partial charge is 0.237 e. The summed E-state index contributed by atoms with van der Waals surface area (Å²) in [5, 5.41) is 3.40. The lowest BCUT2D eigenvalue weighted by molar-refractivity contribution is -0.117. The van der Waals surface area contributed by atoms with E-state index in [2.05, 4.69) is 81.5 Å². The van der Waals surface area contributed by atoms with E-state index in [9.17, 15) is 9.59 Å². The van der Waals surface area contributed by atoms with E-state index in [1.807, 2.05) is 70.5 Å². The van der Waals surface area contributed by atoms with Gasteiger partial charge < -0.3 is 15.1 Å². The number of hydrogen-bond acceptors (Lipinski definition) is 5. The summed E-state index contributed by atoms with van der Waals surface area (Å²) in [6.07, 6.45) is 5.39. The maximum Gasteiger partial charge on any atom is 0.237 e. The van der Waals surface area contributed by atoms with Gasteiger partial charge in [-0.2, -0.15) is 23.5 Å². The predicted octanol–water partition coefficient (Wildman–Crippen LogP) is 10.2. The summed E-state index contributed by atoms with van der Waals surface area (Å²) in [6, 6.07) is 37.3. The van der Waals surface area contributed by atoms with Crippen LogP contribution in [0.15, 0.2) is 109 Å². The molecular weight excluding hydrogens is 631 g/mol. The Kier molecular flexibility index (Phi) is 15.5. The first kappa shape index (κ1) is 37.1. The van der Waals surface area contributed by atoms with Gasteiger partial charge in [0.05, 0.1) is 11.5 Å². The number of anilines is 4. The Bertz CT molecular complexity index is 1390. The molecule has 0 spiro atoms. The molecule has 1 N–H and O–H groups in total. The van der Waals surface area contributed by atoms with Crippen molar-refractivity contribution >= 4 is 58.1 Å². The van der Waals surface area contributed by atoms with Crippen LogP contribution >= 0.6 is 23.5 Å². The van der Waals surface area contributed by atoms with Crippen molar-refractivity contribution in [3.8, 4) is 0 Å². The summed E-state index contributed by atoms with van der Waals surface area (Å²) >= 11 is 3.46. The molecular formula is C41H51N3O2S2. The van der Waals surface area contributed by atoms with Crippen LogP contribution in [-0.2, 0) is 16.0 Å². The molecule has 0 aliphatic carbocycles. The molecule has 0 bridgehead atoms. The van der Waals surface area contributed by atoms with Gasteiger partial charge in [-0.05, 0) is 118 Å². The van der Waals surface area contributed by atoms with E-state index < -0.39 is 0 Å². The highest BCUT2D eigenvalue weighted by atomic mass is 32.2. The molecule has 5 nitrogen and oxygen atoms in total. The second kappa shape index (κ2) is 20.0. The fourth-order valence-electron chi connectivity index (χ4n) is 5.68. The van der Waals surface area contributed by atoms with Gasteiger partial charge in [-0.15, -0.1) is 0 Å². The molecule has 2 amide bonds. The van der Waals surface area contributed by atoms with E-state index in [0.717, 1.165) is 66.4 Å². The summed E-state index contributed by atoms with van der Waals surface area (Å²) in [4.78, 5) is 30.1. The van der Waals surface area contributed by atoms with Crippen molar-refractivity contribution in [1.29, 1.82) is 0 Å². The quantitative estimate of drug-likeness (QED) is 0.0999. The Morgan fingerprint density at radius 3 is 1.44 bits per heavy atom. The molecule has 48 heavy (non-hydrogen) atoms. The maximum atomic E-state index is 13.2. The first-order valence-electron chi connectivity index (χ1n) is 17.2. The number of nitrogens with zero attached hydrogens (tertiary/aromatic N) is 2. The number of nitrogens with one attached hydrogen (secondary N) is 1. The lowest BCUT2D eigenvalue weighted by Crippen LogP contribution is -2.38. The monoisotopic (exact) mass is 681 g/mol. The van der Waals surface area contributed by atoms with Crippen LogP contribution in [0.5, 0.6) is 0 Å². The van der Waals surface area contributed by atoms with E-state index in [4.69, 9.17) is 0 Å². The molecule has 0 saturated heterocycles. The van der Waals surface area contributed by atoms with E-state index in [1.54, 1.807) is 23.5 Å². The molecule has 0 unspecified atom stereocenters. The van der Waals surface area contributed by atoms with Gasteiger partial charge in [-0.3, -0.25) is 9.59 Å². The number of hydrogen-bond donors (Lipinski definition) is 1. The molecule has 0 aliphatic rings. The Morgan fingerprint density at radius 1 is 0.542 bits per heavy atom. The SMILES string of the molecule is CC(C)N(C(=O)CSCCCCCCSCC(=O)N(c1ccc(Nc2ccccc2)cc1)C(C)C)c1ccc(Cc2ccccc2)cc1. The molecule has 0 atom stereocenters. The average Bonchev–Trinajstić information content (AvgIpc) is 3.08. The van der Waals surface area contributed by atoms with E-state index in [1.165, 1.54) is 11.1 Å². The molecule has 0 aromatic heterocycles. The number of unbranched alkanes of at least 4 members (excludes halogenated alkanes) is 3. The molecule has 0 aliphatic heterocycles. The molecule has 0 radical (unpaired) electrons. The predicted molar refractivity (Wildman–Crippen MR) is 210 cm³/mol. The third-order valence-electron chi connectivity index (χ3n) is 8.02. The zero-order chi connectivity index (χ0) is 34.1. The summed E-state index contributed by atoms with van der Waals surface area (Å²) in [5.74, 6) is 3.28. The molecule has 7 heteroatoms. The summed E-state index contributed by atoms with van der Waals surface area (Å²) in [7, 11) is 0. The van der Waals surface area contributed by atoms with Crippen LogP contribution in [0, 0.1) is 0 Å². The standard InChI is InChI=1S/C41H51N3O2S2/c1-32(2)43(38-23-19-35(20-24-38)29-34-15-9-7-10-16-34)40(45)30-47-27-13-5-6-14-28-48-31-41(46)44(33(3)4)39-25-21-37(22-26-39)42-36-17-11-8-12-18-36/h7-12,15-26,32-33,42H,5-6,13-14,27-31H2,1-4H3. The number of amides is 2. The van der Waals surface area contributed by atoms with Gasteiger partial charge in [-0.25, -0.2) is 0 Å². The van der Waals surface area contributed by atoms with Crippen LogP contribution in [-0.4, -0.2) is 46.9 Å². The minimum atomic E-state index is 0.0912. The third-order valence-corrected chi connectivity index (χ3v) is 10.1. The van der Waals surface area contributed by atoms with Gasteiger partial charge >= 0.3 is 0 Å². The first-order valence-corrected chi connectivity index (χ1v) is 19.5. The zero-order valence-corrected chi connectivity index (χ0v) is 30.6. The van der Waals surface area contributed by atoms with Crippen LogP contribution in [0.3, 0.4) is 0 Å². The molecule has 4 aromatic carbocycles. The molecule has 4 aromatic rings. The average molecular weight is 682 g/mol. The first-order chi connectivity index (χ1) is 23.3. The number of carbonyl (C=O) groups is 2. The molecule has 0 fully saturated rings. The summed E-state index contributed by atoms with van der Waals surface area (Å²) < 4.78 is 0. The van der Waals surface area contributed by atoms with E-state index in [-0.39, 0.29) is 23.9 Å². The van der Waals surface area contributed by atoms with Crippen LogP contribution in [0.1, 0.15) is 64.5 Å². The number of rotatable bonds is 19. The van der Waals surface area contributed by atoms with Crippen molar-refractivity contribution in [2.45, 2.75) is 71.9 Å². The third kappa shape index (κ3) is 12.1. The van der Waals surface area contributed by atoms with Crippen LogP contribution < -0.4 is 15.1 Å². The molecule has 0 heterocycles. The lowest BCUT2D eigenvalue weighted by Gasteiger charge is -2.27. The van der Waals surface area contributed by atoms with Crippen molar-refractivity contribution < 1.29 is 9.59 Å². The fraction of sp³-hybridized carbons (Fsp3) is 0.366. The Balaban J connectivity index is 1.09. The summed E-state index contributed by atoms with van der Waals surface area (Å²) in [6.45, 7) is 8.28. The highest BCUT2D eigenvalue weighted by molar-refractivity contribution is 8.00. The zero-order valence-electron chi connectivity index (χ0n) is 28.9. The van der Waals surface area contributed by atoms with Gasteiger partial charge in [-0.1, -0.05) is 73.5 Å². The second-order valence-corrected chi connectivity index (χ2v) is 14.8. The number of para-hydroxylation sites is 1. The fourth-order valence-corrected chi connectivity index (χ4v) is 7.41. The Labute approximate surface area is 296 Å². The van der Waals surface area contributed by atoms with Gasteiger partial charge in [0.2, 0.25) is 11.8 Å². The number of benzene rings is 4. The molecule has 0 saturated carbocycles. The van der Waals surface area contributed by atoms with Crippen LogP contribution in [0.4, 0.5) is 22.7 Å². The van der Waals surface area contributed by atoms with Gasteiger partial charge in [0.1, 0.15) is 0 Å². The maximum absolute atomic E-state index is 13.2. The van der Waals surface area contributed by atoms with Crippen molar-refractivity contribution in [3.05, 3.63) is 120 Å². The van der Waals surface area contributed by atoms with Crippen LogP contribution in [0.25, 0.3) is 0 Å². The minimum Gasteiger partial charge on any atom is -0.356 e. The number of thioether (sulfide) groups is 2. The molecule has 4 rings (SSSR count). The second-order valence-electron chi connectivity index (χ2n) is 12.6. The van der Waals surface area contributed by atoms with Gasteiger partial charge in [0.15, 0.2) is 0 Å². The van der Waals surface area contributed by atoms with Crippen molar-refractivity contribution in [2.24, 2.45) is 0 Å². The number of carbonyl (C=O) groups excluding carboxylic acids is 2. The van der Waals surface area contributed by atoms with E-state index in [0.29, 0.717) is 11.5 Å². The van der Waals surface area contributed by atoms with Crippen molar-refractivity contribution in [1.82, 2.24) is 0 Å². The molecule has 254 valence electrons. The van der Waals surface area contributed by atoms with Gasteiger partial charge in [0, 0.05) is 34.8 Å². The largest absolute Gasteiger partial charge is 0.356 e. The van der Waals surface area contributed by atoms with Gasteiger partial charge in [0.25, 0.3) is 0 Å². The Morgan fingerprint density at radius 2 is 0.958 bits per heavy atom. The minimum absolute atomic E-state index is 0.0912. The van der Waals surface area contributed by atoms with Crippen LogP contribution in [0.2, 0.25) is 0 Å². The topological polar surface area (TPSA) is 52.7 Å².